The number of hydrogen-bond acceptors (Lipinski definition) is 2. The topological polar surface area (TPSA) is 15.8 Å². The summed E-state index contributed by atoms with van der Waals surface area (Å²) in [5.74, 6) is 0. The number of thiol groups is 1. The third-order valence-corrected chi connectivity index (χ3v) is 2.30. The number of aromatic nitrogens is 1. The number of hydrogen-bond donors (Lipinski definition) is 2. The van der Waals surface area contributed by atoms with Crippen molar-refractivity contribution in [3.63, 3.8) is 0 Å². The van der Waals surface area contributed by atoms with Gasteiger partial charge < -0.3 is 4.98 Å². The summed E-state index contributed by atoms with van der Waals surface area (Å²) in [5.41, 5.74) is 2.31. The first-order valence-corrected chi connectivity index (χ1v) is 3.86. The molecule has 0 bridgehead atoms. The van der Waals surface area contributed by atoms with Gasteiger partial charge in [0.1, 0.15) is 4.64 Å². The zero-order valence-corrected chi connectivity index (χ0v) is 7.64. The Morgan fingerprint density at radius 3 is 2.60 bits per heavy atom. The summed E-state index contributed by atoms with van der Waals surface area (Å²) in [5, 5.41) is 0. The average molecular weight is 171 g/mol. The largest absolute Gasteiger partial charge is 0.349 e. The molecule has 1 nitrogen and oxygen atoms in total. The van der Waals surface area contributed by atoms with Gasteiger partial charge in [0.2, 0.25) is 0 Å². The number of pyridine rings is 1. The Morgan fingerprint density at radius 1 is 1.50 bits per heavy atom. The number of rotatable bonds is 0. The van der Waals surface area contributed by atoms with E-state index in [-0.39, 0.29) is 0 Å². The molecule has 0 aliphatic heterocycles. The molecule has 0 saturated carbocycles. The lowest BCUT2D eigenvalue weighted by atomic mass is 10.2. The molecule has 1 aromatic heterocycles. The van der Waals surface area contributed by atoms with Crippen molar-refractivity contribution >= 4 is 24.8 Å². The first kappa shape index (κ1) is 7.82. The Labute approximate surface area is 70.9 Å². The molecule has 0 aliphatic rings. The fourth-order valence-corrected chi connectivity index (χ4v) is 1.17. The summed E-state index contributed by atoms with van der Waals surface area (Å²) in [7, 11) is 0. The van der Waals surface area contributed by atoms with E-state index in [4.69, 9.17) is 12.2 Å². The van der Waals surface area contributed by atoms with Crippen molar-refractivity contribution < 1.29 is 0 Å². The molecule has 0 spiro atoms. The van der Waals surface area contributed by atoms with Gasteiger partial charge in [-0.15, -0.1) is 12.6 Å². The van der Waals surface area contributed by atoms with E-state index in [0.29, 0.717) is 4.64 Å². The molecule has 0 aromatic carbocycles. The van der Waals surface area contributed by atoms with E-state index < -0.39 is 0 Å². The Balaban J connectivity index is 3.43. The molecule has 0 atom stereocenters. The van der Waals surface area contributed by atoms with Crippen LogP contribution in [0.2, 0.25) is 0 Å². The van der Waals surface area contributed by atoms with Crippen LogP contribution in [0.15, 0.2) is 11.0 Å². The van der Waals surface area contributed by atoms with Crippen molar-refractivity contribution in [2.24, 2.45) is 0 Å². The maximum atomic E-state index is 4.97. The van der Waals surface area contributed by atoms with E-state index in [9.17, 15) is 0 Å². The van der Waals surface area contributed by atoms with E-state index >= 15 is 0 Å². The SMILES string of the molecule is Cc1cc(S)c(=S)[nH]c1C. The molecule has 1 N–H and O–H groups in total. The smallest absolute Gasteiger partial charge is 0.116 e. The van der Waals surface area contributed by atoms with Gasteiger partial charge in [0, 0.05) is 10.6 Å². The normalized spacial score (nSPS) is 9.90. The van der Waals surface area contributed by atoms with Gasteiger partial charge in [-0.1, -0.05) is 12.2 Å². The summed E-state index contributed by atoms with van der Waals surface area (Å²) in [6, 6.07) is 1.97. The molecule has 0 radical (unpaired) electrons. The first-order chi connectivity index (χ1) is 4.61. The second-order valence-corrected chi connectivity index (χ2v) is 3.18. The van der Waals surface area contributed by atoms with Gasteiger partial charge in [-0.25, -0.2) is 0 Å². The van der Waals surface area contributed by atoms with E-state index in [1.807, 2.05) is 19.9 Å². The third-order valence-electron chi connectivity index (χ3n) is 1.48. The minimum absolute atomic E-state index is 0.714. The van der Waals surface area contributed by atoms with E-state index in [1.165, 1.54) is 5.56 Å². The molecule has 1 aromatic rings. The Kier molecular flexibility index (Phi) is 2.16. The van der Waals surface area contributed by atoms with Crippen LogP contribution in [0.25, 0.3) is 0 Å². The molecule has 0 saturated heterocycles. The fourth-order valence-electron chi connectivity index (χ4n) is 0.712. The van der Waals surface area contributed by atoms with E-state index in [1.54, 1.807) is 0 Å². The van der Waals surface area contributed by atoms with Crippen molar-refractivity contribution in [3.05, 3.63) is 22.0 Å². The van der Waals surface area contributed by atoms with Gasteiger partial charge in [0.25, 0.3) is 0 Å². The first-order valence-electron chi connectivity index (χ1n) is 3.01. The highest BCUT2D eigenvalue weighted by atomic mass is 32.1. The standard InChI is InChI=1S/C7H9NS2/c1-4-3-6(9)7(10)8-5(4)2/h3,9H,1-2H3,(H,8,10). The lowest BCUT2D eigenvalue weighted by Gasteiger charge is -1.99. The predicted octanol–water partition coefficient (Wildman–Crippen LogP) is 2.65. The van der Waals surface area contributed by atoms with E-state index in [2.05, 4.69) is 17.6 Å². The number of nitrogens with one attached hydrogen (secondary N) is 1. The van der Waals surface area contributed by atoms with Crippen LogP contribution in [-0.4, -0.2) is 4.98 Å². The minimum Gasteiger partial charge on any atom is -0.349 e. The lowest BCUT2D eigenvalue weighted by Crippen LogP contribution is -1.87. The zero-order chi connectivity index (χ0) is 7.72. The van der Waals surface area contributed by atoms with E-state index in [0.717, 1.165) is 10.6 Å². The highest BCUT2D eigenvalue weighted by Crippen LogP contribution is 2.11. The second kappa shape index (κ2) is 2.76. The number of aromatic amines is 1. The minimum atomic E-state index is 0.714. The highest BCUT2D eigenvalue weighted by molar-refractivity contribution is 7.81. The summed E-state index contributed by atoms with van der Waals surface area (Å²) in [6.07, 6.45) is 0. The maximum absolute atomic E-state index is 4.97. The van der Waals surface area contributed by atoms with Gasteiger partial charge in [-0.05, 0) is 25.5 Å². The Hall–Kier alpha value is -0.280. The molecule has 0 amide bonds. The fraction of sp³-hybridized carbons (Fsp3) is 0.286. The average Bonchev–Trinajstić information content (AvgIpc) is 1.84. The molecule has 1 heterocycles. The summed E-state index contributed by atoms with van der Waals surface area (Å²) in [6.45, 7) is 4.03. The summed E-state index contributed by atoms with van der Waals surface area (Å²) >= 11 is 9.15. The molecule has 54 valence electrons. The van der Waals surface area contributed by atoms with Crippen molar-refractivity contribution in [1.82, 2.24) is 4.98 Å². The quantitative estimate of drug-likeness (QED) is 0.453. The molecule has 10 heavy (non-hydrogen) atoms. The van der Waals surface area contributed by atoms with Crippen LogP contribution < -0.4 is 0 Å². The second-order valence-electron chi connectivity index (χ2n) is 2.29. The van der Waals surface area contributed by atoms with Crippen molar-refractivity contribution in [3.8, 4) is 0 Å². The van der Waals surface area contributed by atoms with Crippen molar-refractivity contribution in [1.29, 1.82) is 0 Å². The summed E-state index contributed by atoms with van der Waals surface area (Å²) < 4.78 is 0.714. The predicted molar refractivity (Wildman–Crippen MR) is 48.4 cm³/mol. The molecular weight excluding hydrogens is 162 g/mol. The van der Waals surface area contributed by atoms with Gasteiger partial charge in [-0.3, -0.25) is 0 Å². The Bertz CT molecular complexity index is 301. The van der Waals surface area contributed by atoms with Gasteiger partial charge in [0.05, 0.1) is 0 Å². The molecule has 0 fully saturated rings. The van der Waals surface area contributed by atoms with Crippen LogP contribution in [0.3, 0.4) is 0 Å². The van der Waals surface area contributed by atoms with Crippen LogP contribution in [0.4, 0.5) is 0 Å². The van der Waals surface area contributed by atoms with Crippen LogP contribution in [0, 0.1) is 18.5 Å². The van der Waals surface area contributed by atoms with Crippen molar-refractivity contribution in [2.45, 2.75) is 18.7 Å². The van der Waals surface area contributed by atoms with Gasteiger partial charge in [0.15, 0.2) is 0 Å². The Morgan fingerprint density at radius 2 is 2.10 bits per heavy atom. The van der Waals surface area contributed by atoms with Gasteiger partial charge in [-0.2, -0.15) is 0 Å². The zero-order valence-electron chi connectivity index (χ0n) is 5.93. The molecule has 0 unspecified atom stereocenters. The molecule has 3 heteroatoms. The lowest BCUT2D eigenvalue weighted by molar-refractivity contribution is 1.08. The number of H-pyrrole nitrogens is 1. The monoisotopic (exact) mass is 171 g/mol. The molecule has 1 rings (SSSR count). The molecule has 0 aliphatic carbocycles. The van der Waals surface area contributed by atoms with Gasteiger partial charge >= 0.3 is 0 Å². The number of aryl methyl sites for hydroxylation is 2. The summed E-state index contributed by atoms with van der Waals surface area (Å²) in [4.78, 5) is 3.89. The highest BCUT2D eigenvalue weighted by Gasteiger charge is 1.93. The molecular formula is C7H9NS2. The van der Waals surface area contributed by atoms with Crippen LogP contribution >= 0.6 is 24.8 Å². The van der Waals surface area contributed by atoms with Crippen molar-refractivity contribution in [2.75, 3.05) is 0 Å². The maximum Gasteiger partial charge on any atom is 0.116 e. The van der Waals surface area contributed by atoms with Crippen LogP contribution in [-0.2, 0) is 0 Å². The third kappa shape index (κ3) is 1.41. The van der Waals surface area contributed by atoms with Crippen LogP contribution in [0.1, 0.15) is 11.3 Å². The van der Waals surface area contributed by atoms with Crippen LogP contribution in [0.5, 0.6) is 0 Å².